The number of methoxy groups -OCH3 is 1. The quantitative estimate of drug-likeness (QED) is 0.621. The molecule has 1 unspecified atom stereocenters. The van der Waals surface area contributed by atoms with Crippen molar-refractivity contribution in [2.24, 2.45) is 5.92 Å². The molecule has 1 atom stereocenters. The minimum atomic E-state index is -3.54. The Morgan fingerprint density at radius 2 is 1.85 bits per heavy atom. The second-order valence-corrected chi connectivity index (χ2v) is 7.31. The van der Waals surface area contributed by atoms with E-state index < -0.39 is 16.2 Å². The number of nitrogens with one attached hydrogen (secondary N) is 1. The Morgan fingerprint density at radius 1 is 1.25 bits per heavy atom. The Labute approximate surface area is 123 Å². The molecule has 0 aromatic carbocycles. The van der Waals surface area contributed by atoms with Crippen molar-refractivity contribution in [3.8, 4) is 0 Å². The summed E-state index contributed by atoms with van der Waals surface area (Å²) in [5.74, 6) is 0.207. The first-order chi connectivity index (χ1) is 9.19. The average molecular weight is 308 g/mol. The zero-order chi connectivity index (χ0) is 15.8. The summed E-state index contributed by atoms with van der Waals surface area (Å²) in [5.41, 5.74) is 0. The maximum atomic E-state index is 12.0. The van der Waals surface area contributed by atoms with E-state index in [9.17, 15) is 13.2 Å². The van der Waals surface area contributed by atoms with E-state index in [1.165, 1.54) is 14.2 Å². The summed E-state index contributed by atoms with van der Waals surface area (Å²) >= 11 is 0. The van der Waals surface area contributed by atoms with Gasteiger partial charge in [-0.15, -0.1) is 0 Å². The van der Waals surface area contributed by atoms with Gasteiger partial charge in [0.2, 0.25) is 0 Å². The number of carbonyl (C=O) groups is 1. The van der Waals surface area contributed by atoms with Crippen LogP contribution in [0.2, 0.25) is 0 Å². The molecular formula is C13H28N2O4S. The van der Waals surface area contributed by atoms with Gasteiger partial charge in [0, 0.05) is 19.6 Å². The van der Waals surface area contributed by atoms with Gasteiger partial charge in [0.25, 0.3) is 10.2 Å². The molecule has 0 saturated heterocycles. The topological polar surface area (TPSA) is 75.7 Å². The number of nitrogens with zero attached hydrogens (tertiary/aromatic N) is 1. The number of hydrogen-bond donors (Lipinski definition) is 1. The second-order valence-electron chi connectivity index (χ2n) is 5.50. The molecule has 0 amide bonds. The first kappa shape index (κ1) is 19.3. The summed E-state index contributed by atoms with van der Waals surface area (Å²) in [6, 6.07) is -0.112. The van der Waals surface area contributed by atoms with Gasteiger partial charge in [0.15, 0.2) is 0 Å². The van der Waals surface area contributed by atoms with Crippen molar-refractivity contribution in [2.75, 3.05) is 20.7 Å². The highest BCUT2D eigenvalue weighted by molar-refractivity contribution is 7.87. The normalized spacial score (nSPS) is 13.8. The summed E-state index contributed by atoms with van der Waals surface area (Å²) in [5, 5.41) is 0. The predicted molar refractivity (Wildman–Crippen MR) is 79.5 cm³/mol. The molecule has 1 N–H and O–H groups in total. The molecule has 0 saturated carbocycles. The van der Waals surface area contributed by atoms with E-state index in [2.05, 4.69) is 23.3 Å². The third-order valence-corrected chi connectivity index (χ3v) is 4.74. The highest BCUT2D eigenvalue weighted by Gasteiger charge is 2.20. The Hall–Kier alpha value is -0.660. The minimum absolute atomic E-state index is 0.0512. The molecule has 20 heavy (non-hydrogen) atoms. The zero-order valence-electron chi connectivity index (χ0n) is 13.2. The Morgan fingerprint density at radius 3 is 2.35 bits per heavy atom. The molecule has 120 valence electrons. The summed E-state index contributed by atoms with van der Waals surface area (Å²) < 4.78 is 32.3. The molecular weight excluding hydrogens is 280 g/mol. The summed E-state index contributed by atoms with van der Waals surface area (Å²) in [6.07, 6.45) is 2.94. The van der Waals surface area contributed by atoms with Crippen LogP contribution >= 0.6 is 0 Å². The van der Waals surface area contributed by atoms with Gasteiger partial charge in [-0.25, -0.2) is 0 Å². The Bertz CT molecular complexity index is 382. The first-order valence-corrected chi connectivity index (χ1v) is 8.43. The molecule has 0 aromatic heterocycles. The van der Waals surface area contributed by atoms with Crippen LogP contribution in [0.3, 0.4) is 0 Å². The molecule has 0 heterocycles. The highest BCUT2D eigenvalue weighted by atomic mass is 32.2. The third-order valence-electron chi connectivity index (χ3n) is 3.04. The van der Waals surface area contributed by atoms with Crippen LogP contribution in [0.25, 0.3) is 0 Å². The standard InChI is InChI=1S/C13H28N2O4S/c1-11(2)7-6-8-12(3)14-20(17,18)15(4)10-9-13(16)19-5/h11-12,14H,6-10H2,1-5H3. The molecule has 0 fully saturated rings. The summed E-state index contributed by atoms with van der Waals surface area (Å²) in [7, 11) is -0.804. The molecule has 6 nitrogen and oxygen atoms in total. The molecule has 0 bridgehead atoms. The monoisotopic (exact) mass is 308 g/mol. The highest BCUT2D eigenvalue weighted by Crippen LogP contribution is 2.09. The molecule has 0 aliphatic rings. The van der Waals surface area contributed by atoms with Gasteiger partial charge in [-0.3, -0.25) is 4.79 Å². The number of rotatable bonds is 10. The van der Waals surface area contributed by atoms with Gasteiger partial charge >= 0.3 is 5.97 Å². The van der Waals surface area contributed by atoms with Crippen LogP contribution in [0.15, 0.2) is 0 Å². The first-order valence-electron chi connectivity index (χ1n) is 6.99. The summed E-state index contributed by atoms with van der Waals surface area (Å²) in [6.45, 7) is 6.26. The second kappa shape index (κ2) is 9.31. The maximum Gasteiger partial charge on any atom is 0.306 e. The van der Waals surface area contributed by atoms with Crippen LogP contribution in [0.1, 0.15) is 46.5 Å². The fourth-order valence-corrected chi connectivity index (χ4v) is 2.84. The van der Waals surface area contributed by atoms with Crippen LogP contribution < -0.4 is 4.72 Å². The van der Waals surface area contributed by atoms with Crippen molar-refractivity contribution in [1.82, 2.24) is 9.03 Å². The van der Waals surface area contributed by atoms with Crippen molar-refractivity contribution in [3.63, 3.8) is 0 Å². The lowest BCUT2D eigenvalue weighted by molar-refractivity contribution is -0.140. The SMILES string of the molecule is COC(=O)CCN(C)S(=O)(=O)NC(C)CCCC(C)C. The van der Waals surface area contributed by atoms with E-state index >= 15 is 0 Å². The van der Waals surface area contributed by atoms with Gasteiger partial charge in [-0.2, -0.15) is 17.4 Å². The zero-order valence-corrected chi connectivity index (χ0v) is 14.0. The van der Waals surface area contributed by atoms with E-state index in [-0.39, 0.29) is 19.0 Å². The fraction of sp³-hybridized carbons (Fsp3) is 0.923. The van der Waals surface area contributed by atoms with Crippen LogP contribution in [-0.4, -0.2) is 45.4 Å². The van der Waals surface area contributed by atoms with E-state index in [0.717, 1.165) is 23.6 Å². The fourth-order valence-electron chi connectivity index (χ4n) is 1.71. The summed E-state index contributed by atoms with van der Waals surface area (Å²) in [4.78, 5) is 11.0. The average Bonchev–Trinajstić information content (AvgIpc) is 2.34. The van der Waals surface area contributed by atoms with Crippen LogP contribution in [0.4, 0.5) is 0 Å². The predicted octanol–water partition coefficient (Wildman–Crippen LogP) is 1.53. The smallest absolute Gasteiger partial charge is 0.306 e. The molecule has 0 radical (unpaired) electrons. The molecule has 0 aliphatic heterocycles. The van der Waals surface area contributed by atoms with Crippen LogP contribution in [0, 0.1) is 5.92 Å². The third kappa shape index (κ3) is 8.50. The van der Waals surface area contributed by atoms with Gasteiger partial charge in [0.1, 0.15) is 0 Å². The van der Waals surface area contributed by atoms with Crippen molar-refractivity contribution < 1.29 is 17.9 Å². The van der Waals surface area contributed by atoms with Gasteiger partial charge < -0.3 is 4.74 Å². The van der Waals surface area contributed by atoms with E-state index in [4.69, 9.17) is 0 Å². The number of esters is 1. The Kier molecular flexibility index (Phi) is 9.00. The van der Waals surface area contributed by atoms with E-state index in [1.807, 2.05) is 6.92 Å². The van der Waals surface area contributed by atoms with Crippen molar-refractivity contribution in [2.45, 2.75) is 52.5 Å². The van der Waals surface area contributed by atoms with Crippen molar-refractivity contribution in [1.29, 1.82) is 0 Å². The molecule has 7 heteroatoms. The van der Waals surface area contributed by atoms with Crippen molar-refractivity contribution >= 4 is 16.2 Å². The lowest BCUT2D eigenvalue weighted by Gasteiger charge is -2.21. The van der Waals surface area contributed by atoms with Crippen LogP contribution in [-0.2, 0) is 19.7 Å². The Balaban J connectivity index is 4.18. The van der Waals surface area contributed by atoms with E-state index in [0.29, 0.717) is 5.92 Å². The van der Waals surface area contributed by atoms with Gasteiger partial charge in [0.05, 0.1) is 13.5 Å². The molecule has 0 spiro atoms. The lowest BCUT2D eigenvalue weighted by atomic mass is 10.0. The van der Waals surface area contributed by atoms with E-state index in [1.54, 1.807) is 0 Å². The number of ether oxygens (including phenoxy) is 1. The molecule has 0 rings (SSSR count). The largest absolute Gasteiger partial charge is 0.469 e. The van der Waals surface area contributed by atoms with Crippen molar-refractivity contribution in [3.05, 3.63) is 0 Å². The number of hydrogen-bond acceptors (Lipinski definition) is 4. The van der Waals surface area contributed by atoms with Gasteiger partial charge in [-0.1, -0.05) is 26.7 Å². The minimum Gasteiger partial charge on any atom is -0.469 e. The maximum absolute atomic E-state index is 12.0. The molecule has 0 aromatic rings. The number of carbonyl (C=O) groups excluding carboxylic acids is 1. The molecule has 0 aliphatic carbocycles. The van der Waals surface area contributed by atoms with Gasteiger partial charge in [-0.05, 0) is 19.3 Å². The lowest BCUT2D eigenvalue weighted by Crippen LogP contribution is -2.43. The van der Waals surface area contributed by atoms with Crippen LogP contribution in [0.5, 0.6) is 0 Å².